The fourth-order valence-electron chi connectivity index (χ4n) is 2.42. The average Bonchev–Trinajstić information content (AvgIpc) is 2.78. The first-order valence-electron chi connectivity index (χ1n) is 6.09. The van der Waals surface area contributed by atoms with Crippen LogP contribution >= 0.6 is 0 Å². The number of halogens is 1. The van der Waals surface area contributed by atoms with Gasteiger partial charge in [-0.2, -0.15) is 0 Å². The molecule has 1 aromatic rings. The largest absolute Gasteiger partial charge is 0.371 e. The number of amides is 1. The summed E-state index contributed by atoms with van der Waals surface area (Å²) in [5.74, 6) is -0.653. The average molecular weight is 251 g/mol. The minimum Gasteiger partial charge on any atom is -0.371 e. The Hall–Kier alpha value is -1.62. The number of nitrogens with zero attached hydrogens (tertiary/aromatic N) is 1. The van der Waals surface area contributed by atoms with Crippen LogP contribution < -0.4 is 16.4 Å². The maximum Gasteiger partial charge on any atom is 0.250 e. The molecule has 0 radical (unpaired) electrons. The number of carbonyl (C=O) groups excluding carboxylic acids is 1. The quantitative estimate of drug-likeness (QED) is 0.845. The zero-order chi connectivity index (χ0) is 13.3. The molecule has 0 spiro atoms. The number of hydrogen-bond acceptors (Lipinski definition) is 3. The van der Waals surface area contributed by atoms with Gasteiger partial charge in [-0.1, -0.05) is 0 Å². The SMILES string of the molecule is CC(N)C1CCN(c2ccc(F)cc2C(N)=O)C1. The van der Waals surface area contributed by atoms with Gasteiger partial charge in [0.25, 0.3) is 5.91 Å². The Labute approximate surface area is 106 Å². The van der Waals surface area contributed by atoms with Gasteiger partial charge in [0.15, 0.2) is 0 Å². The van der Waals surface area contributed by atoms with E-state index >= 15 is 0 Å². The summed E-state index contributed by atoms with van der Waals surface area (Å²) in [6.07, 6.45) is 0.979. The molecule has 18 heavy (non-hydrogen) atoms. The number of carbonyl (C=O) groups is 1. The fourth-order valence-corrected chi connectivity index (χ4v) is 2.42. The lowest BCUT2D eigenvalue weighted by Gasteiger charge is -2.22. The van der Waals surface area contributed by atoms with Crippen molar-refractivity contribution in [3.8, 4) is 0 Å². The molecule has 0 aromatic heterocycles. The Kier molecular flexibility index (Phi) is 3.52. The summed E-state index contributed by atoms with van der Waals surface area (Å²) in [7, 11) is 0. The van der Waals surface area contributed by atoms with Crippen LogP contribution in [0.4, 0.5) is 10.1 Å². The van der Waals surface area contributed by atoms with Crippen LogP contribution in [0.5, 0.6) is 0 Å². The maximum absolute atomic E-state index is 13.2. The molecule has 0 aliphatic carbocycles. The van der Waals surface area contributed by atoms with E-state index in [9.17, 15) is 9.18 Å². The van der Waals surface area contributed by atoms with Crippen molar-refractivity contribution >= 4 is 11.6 Å². The molecule has 2 atom stereocenters. The molecule has 4 N–H and O–H groups in total. The number of hydrogen-bond donors (Lipinski definition) is 2. The third-order valence-corrected chi connectivity index (χ3v) is 3.53. The second-order valence-electron chi connectivity index (χ2n) is 4.88. The van der Waals surface area contributed by atoms with E-state index in [-0.39, 0.29) is 11.6 Å². The van der Waals surface area contributed by atoms with Crippen LogP contribution in [-0.4, -0.2) is 25.0 Å². The van der Waals surface area contributed by atoms with Gasteiger partial charge < -0.3 is 16.4 Å². The van der Waals surface area contributed by atoms with Crippen LogP contribution in [0.2, 0.25) is 0 Å². The molecule has 2 unspecified atom stereocenters. The lowest BCUT2D eigenvalue weighted by atomic mass is 10.0. The zero-order valence-electron chi connectivity index (χ0n) is 10.4. The van der Waals surface area contributed by atoms with E-state index in [0.29, 0.717) is 11.6 Å². The van der Waals surface area contributed by atoms with Crippen molar-refractivity contribution in [2.24, 2.45) is 17.4 Å². The van der Waals surface area contributed by atoms with Crippen molar-refractivity contribution in [3.63, 3.8) is 0 Å². The van der Waals surface area contributed by atoms with Crippen molar-refractivity contribution in [1.82, 2.24) is 0 Å². The lowest BCUT2D eigenvalue weighted by molar-refractivity contribution is 0.100. The highest BCUT2D eigenvalue weighted by molar-refractivity contribution is 5.98. The summed E-state index contributed by atoms with van der Waals surface area (Å²) in [6.45, 7) is 3.58. The molecule has 1 aromatic carbocycles. The first-order chi connectivity index (χ1) is 8.49. The van der Waals surface area contributed by atoms with E-state index in [1.165, 1.54) is 12.1 Å². The molecule has 1 saturated heterocycles. The number of nitrogens with two attached hydrogens (primary N) is 2. The number of benzene rings is 1. The minimum atomic E-state index is -0.603. The molecule has 2 rings (SSSR count). The summed E-state index contributed by atoms with van der Waals surface area (Å²) < 4.78 is 13.2. The Morgan fingerprint density at radius 2 is 2.28 bits per heavy atom. The molecule has 0 saturated carbocycles. The molecular formula is C13H18FN3O. The van der Waals surface area contributed by atoms with Crippen molar-refractivity contribution in [2.45, 2.75) is 19.4 Å². The molecule has 1 heterocycles. The Balaban J connectivity index is 2.27. The maximum atomic E-state index is 13.2. The van der Waals surface area contributed by atoms with Crippen molar-refractivity contribution in [1.29, 1.82) is 0 Å². The monoisotopic (exact) mass is 251 g/mol. The summed E-state index contributed by atoms with van der Waals surface area (Å²) in [4.78, 5) is 13.4. The third-order valence-electron chi connectivity index (χ3n) is 3.53. The Morgan fingerprint density at radius 3 is 2.83 bits per heavy atom. The van der Waals surface area contributed by atoms with Gasteiger partial charge >= 0.3 is 0 Å². The summed E-state index contributed by atoms with van der Waals surface area (Å²) in [5.41, 5.74) is 12.1. The van der Waals surface area contributed by atoms with Gasteiger partial charge in [0, 0.05) is 24.8 Å². The zero-order valence-corrected chi connectivity index (χ0v) is 10.4. The van der Waals surface area contributed by atoms with Gasteiger partial charge in [-0.3, -0.25) is 4.79 Å². The predicted octanol–water partition coefficient (Wildman–Crippen LogP) is 1.10. The van der Waals surface area contributed by atoms with Gasteiger partial charge in [-0.25, -0.2) is 4.39 Å². The van der Waals surface area contributed by atoms with Crippen LogP contribution in [0.1, 0.15) is 23.7 Å². The minimum absolute atomic E-state index is 0.118. The summed E-state index contributed by atoms with van der Waals surface area (Å²) in [5, 5.41) is 0. The van der Waals surface area contributed by atoms with E-state index in [1.807, 2.05) is 11.8 Å². The van der Waals surface area contributed by atoms with E-state index in [4.69, 9.17) is 11.5 Å². The van der Waals surface area contributed by atoms with Gasteiger partial charge in [0.2, 0.25) is 0 Å². The molecule has 1 fully saturated rings. The van der Waals surface area contributed by atoms with Gasteiger partial charge in [0.05, 0.1) is 5.56 Å². The number of primary amides is 1. The second-order valence-corrected chi connectivity index (χ2v) is 4.88. The first kappa shape index (κ1) is 12.8. The second kappa shape index (κ2) is 4.94. The van der Waals surface area contributed by atoms with Gasteiger partial charge in [-0.05, 0) is 37.5 Å². The fraction of sp³-hybridized carbons (Fsp3) is 0.462. The summed E-state index contributed by atoms with van der Waals surface area (Å²) >= 11 is 0. The van der Waals surface area contributed by atoms with Crippen molar-refractivity contribution < 1.29 is 9.18 Å². The third kappa shape index (κ3) is 2.46. The highest BCUT2D eigenvalue weighted by Crippen LogP contribution is 2.28. The number of rotatable bonds is 3. The summed E-state index contributed by atoms with van der Waals surface area (Å²) in [6, 6.07) is 4.27. The van der Waals surface area contributed by atoms with E-state index in [0.717, 1.165) is 19.5 Å². The van der Waals surface area contributed by atoms with Crippen molar-refractivity contribution in [3.05, 3.63) is 29.6 Å². The standard InChI is InChI=1S/C13H18FN3O/c1-8(15)9-4-5-17(7-9)12-3-2-10(14)6-11(12)13(16)18/h2-3,6,8-9H,4-5,7,15H2,1H3,(H2,16,18). The molecule has 98 valence electrons. The molecule has 4 nitrogen and oxygen atoms in total. The van der Waals surface area contributed by atoms with Gasteiger partial charge in [-0.15, -0.1) is 0 Å². The molecule has 0 bridgehead atoms. The van der Waals surface area contributed by atoms with E-state index < -0.39 is 11.7 Å². The van der Waals surface area contributed by atoms with E-state index in [1.54, 1.807) is 6.07 Å². The van der Waals surface area contributed by atoms with Gasteiger partial charge in [0.1, 0.15) is 5.82 Å². The van der Waals surface area contributed by atoms with Crippen LogP contribution in [0.3, 0.4) is 0 Å². The Morgan fingerprint density at radius 1 is 1.56 bits per heavy atom. The molecule has 1 aliphatic rings. The molecule has 5 heteroatoms. The van der Waals surface area contributed by atoms with Crippen LogP contribution in [0.15, 0.2) is 18.2 Å². The van der Waals surface area contributed by atoms with Crippen LogP contribution in [-0.2, 0) is 0 Å². The molecule has 1 aliphatic heterocycles. The highest BCUT2D eigenvalue weighted by atomic mass is 19.1. The van der Waals surface area contributed by atoms with Crippen molar-refractivity contribution in [2.75, 3.05) is 18.0 Å². The first-order valence-corrected chi connectivity index (χ1v) is 6.09. The topological polar surface area (TPSA) is 72.3 Å². The van der Waals surface area contributed by atoms with E-state index in [2.05, 4.69) is 0 Å². The van der Waals surface area contributed by atoms with Crippen LogP contribution in [0.25, 0.3) is 0 Å². The normalized spacial score (nSPS) is 21.1. The smallest absolute Gasteiger partial charge is 0.250 e. The van der Waals surface area contributed by atoms with Crippen LogP contribution in [0, 0.1) is 11.7 Å². The predicted molar refractivity (Wildman–Crippen MR) is 68.9 cm³/mol. The lowest BCUT2D eigenvalue weighted by Crippen LogP contribution is -2.30. The number of anilines is 1. The Bertz CT molecular complexity index is 462. The molecular weight excluding hydrogens is 233 g/mol. The molecule has 1 amide bonds. The highest BCUT2D eigenvalue weighted by Gasteiger charge is 2.27.